The van der Waals surface area contributed by atoms with E-state index in [0.717, 1.165) is 90.2 Å². The van der Waals surface area contributed by atoms with Crippen LogP contribution in [0.4, 0.5) is 0 Å². The maximum Gasteiger partial charge on any atom is 0.258 e. The Morgan fingerprint density at radius 3 is 0.857 bits per heavy atom. The zero-order valence-electron chi connectivity index (χ0n) is 35.3. The van der Waals surface area contributed by atoms with Crippen molar-refractivity contribution in [3.05, 3.63) is 248 Å². The molecule has 2 amide bonds. The molecule has 11 rings (SSSR count). The molecular weight excluding hydrogens is 775 g/mol. The molecule has 7 heteroatoms. The van der Waals surface area contributed by atoms with Crippen LogP contribution in [0, 0.1) is 27.7 Å². The third kappa shape index (κ3) is 7.51. The van der Waals surface area contributed by atoms with Gasteiger partial charge >= 0.3 is 0 Å². The van der Waals surface area contributed by atoms with Crippen LogP contribution >= 0.6 is 0 Å². The van der Waals surface area contributed by atoms with Crippen LogP contribution in [0.15, 0.2) is 213 Å². The Labute approximate surface area is 366 Å². The van der Waals surface area contributed by atoms with Gasteiger partial charge in [0.1, 0.15) is 0 Å². The first-order valence-electron chi connectivity index (χ1n) is 21.0. The fraction of sp³-hybridized carbons (Fsp3) is 0.0714. The Morgan fingerprint density at radius 2 is 0.603 bits per heavy atom. The third-order valence-corrected chi connectivity index (χ3v) is 11.5. The molecule has 5 aromatic carbocycles. The lowest BCUT2D eigenvalue weighted by Crippen LogP contribution is -2.19. The number of hydrogen-bond donors (Lipinski definition) is 1. The van der Waals surface area contributed by atoms with E-state index in [0.29, 0.717) is 11.1 Å². The van der Waals surface area contributed by atoms with Gasteiger partial charge in [-0.1, -0.05) is 131 Å². The zero-order chi connectivity index (χ0) is 43.2. The minimum absolute atomic E-state index is 0.300. The van der Waals surface area contributed by atoms with Gasteiger partial charge < -0.3 is 0 Å². The van der Waals surface area contributed by atoms with Gasteiger partial charge in [-0.25, -0.2) is 20.0 Å². The SMILES string of the molecule is Cc1cccc(C2=C3C=CC(=N3)C(c3cccc(C)c3)=C3C=CC(=N3)C(c3cccc(C)c3)=C3C=CC(=N3)C(c3cccc(C)c3)=C3C=CC2=N3)c1.O=C1NC(=O)c2ccccc21. The van der Waals surface area contributed by atoms with Gasteiger partial charge in [-0.3, -0.25) is 14.9 Å². The third-order valence-electron chi connectivity index (χ3n) is 11.5. The number of fused-ring (bicyclic) bond motifs is 5. The summed E-state index contributed by atoms with van der Waals surface area (Å²) in [6, 6.07) is 41.1. The van der Waals surface area contributed by atoms with E-state index in [9.17, 15) is 9.59 Å². The second-order valence-electron chi connectivity index (χ2n) is 16.2. The van der Waals surface area contributed by atoms with Crippen LogP contribution in [0.1, 0.15) is 65.2 Å². The van der Waals surface area contributed by atoms with E-state index < -0.39 is 0 Å². The van der Waals surface area contributed by atoms with E-state index in [2.05, 4.69) is 179 Å². The number of nitrogens with one attached hydrogen (secondary N) is 1. The number of aryl methyl sites for hydroxylation is 4. The highest BCUT2D eigenvalue weighted by Gasteiger charge is 2.28. The number of rotatable bonds is 4. The predicted molar refractivity (Wildman–Crippen MR) is 257 cm³/mol. The van der Waals surface area contributed by atoms with E-state index in [4.69, 9.17) is 20.0 Å². The fourth-order valence-corrected chi connectivity index (χ4v) is 8.59. The molecule has 7 nitrogen and oxygen atoms in total. The Kier molecular flexibility index (Phi) is 9.92. The summed E-state index contributed by atoms with van der Waals surface area (Å²) in [7, 11) is 0. The number of imide groups is 1. The van der Waals surface area contributed by atoms with Crippen LogP contribution < -0.4 is 5.32 Å². The zero-order valence-corrected chi connectivity index (χ0v) is 35.3. The average Bonchev–Trinajstić information content (AvgIpc) is 4.14. The monoisotopic (exact) mass is 815 g/mol. The van der Waals surface area contributed by atoms with E-state index in [1.54, 1.807) is 24.3 Å². The number of carbonyl (C=O) groups excluding carboxylic acids is 2. The lowest BCUT2D eigenvalue weighted by atomic mass is 9.97. The van der Waals surface area contributed by atoms with Crippen molar-refractivity contribution in [1.82, 2.24) is 5.32 Å². The van der Waals surface area contributed by atoms with Gasteiger partial charge in [-0.2, -0.15) is 0 Å². The lowest BCUT2D eigenvalue weighted by molar-refractivity contribution is 0.0879. The summed E-state index contributed by atoms with van der Waals surface area (Å²) in [6.45, 7) is 8.50. The first kappa shape index (κ1) is 39.0. The Bertz CT molecular complexity index is 2860. The molecule has 6 heterocycles. The van der Waals surface area contributed by atoms with Crippen molar-refractivity contribution in [3.8, 4) is 0 Å². The molecule has 0 fully saturated rings. The summed E-state index contributed by atoms with van der Waals surface area (Å²) in [5.41, 5.74) is 20.8. The number of amides is 2. The first-order valence-corrected chi connectivity index (χ1v) is 21.0. The summed E-state index contributed by atoms with van der Waals surface area (Å²) in [4.78, 5) is 43.5. The van der Waals surface area contributed by atoms with Crippen LogP contribution in [0.5, 0.6) is 0 Å². The van der Waals surface area contributed by atoms with E-state index in [1.807, 2.05) is 0 Å². The predicted octanol–water partition coefficient (Wildman–Crippen LogP) is 11.5. The molecule has 1 N–H and O–H groups in total. The van der Waals surface area contributed by atoms with Crippen molar-refractivity contribution in [2.45, 2.75) is 27.7 Å². The van der Waals surface area contributed by atoms with Gasteiger partial charge in [0.05, 0.1) is 56.8 Å². The molecule has 0 spiro atoms. The van der Waals surface area contributed by atoms with Gasteiger partial charge in [0.25, 0.3) is 11.8 Å². The minimum Gasteiger partial charge on any atom is -0.288 e. The molecule has 0 saturated heterocycles. The van der Waals surface area contributed by atoms with E-state index in [-0.39, 0.29) is 11.8 Å². The normalized spacial score (nSPS) is 17.0. The molecule has 0 radical (unpaired) electrons. The molecule has 302 valence electrons. The van der Waals surface area contributed by atoms with E-state index >= 15 is 0 Å². The van der Waals surface area contributed by atoms with Gasteiger partial charge in [0, 0.05) is 22.3 Å². The summed E-state index contributed by atoms with van der Waals surface area (Å²) in [5.74, 6) is -0.601. The van der Waals surface area contributed by atoms with Crippen LogP contribution in [-0.2, 0) is 0 Å². The van der Waals surface area contributed by atoms with Crippen LogP contribution in [-0.4, -0.2) is 34.7 Å². The molecule has 0 unspecified atom stereocenters. The quantitative estimate of drug-likeness (QED) is 0.183. The average molecular weight is 816 g/mol. The van der Waals surface area contributed by atoms with Crippen LogP contribution in [0.25, 0.3) is 22.3 Å². The fourth-order valence-electron chi connectivity index (χ4n) is 8.59. The topological polar surface area (TPSA) is 95.6 Å². The number of nitrogens with zero attached hydrogens (tertiary/aromatic N) is 4. The minimum atomic E-state index is -0.300. The second kappa shape index (κ2) is 16.0. The van der Waals surface area contributed by atoms with Crippen molar-refractivity contribution >= 4 is 57.0 Å². The maximum absolute atomic E-state index is 10.9. The lowest BCUT2D eigenvalue weighted by Gasteiger charge is -2.13. The Balaban J connectivity index is 0.000000372. The molecule has 6 aliphatic rings. The Hall–Kier alpha value is -8.16. The molecule has 6 aliphatic heterocycles. The standard InChI is InChI=1S/C48H36N4.C8H5NO2/c1-29-9-5-13-33(25-29)45-37-17-19-39(49-37)46(34-14-6-10-30(2)26-34)41-21-23-43(51-41)48(36-16-8-12-32(4)28-36)44-24-22-42(52-44)47(40-20-18-38(45)50-40)35-15-7-11-31(3)27-35;10-7-5-3-1-2-4-6(5)8(11)9-7/h5-28H,1-4H3;1-4H,(H,9,10,11). The maximum atomic E-state index is 10.9. The first-order chi connectivity index (χ1) is 30.7. The summed E-state index contributed by atoms with van der Waals surface area (Å²) < 4.78 is 0. The summed E-state index contributed by atoms with van der Waals surface area (Å²) >= 11 is 0. The Morgan fingerprint density at radius 1 is 0.333 bits per heavy atom. The number of carbonyl (C=O) groups is 2. The largest absolute Gasteiger partial charge is 0.288 e. The molecule has 5 aromatic rings. The number of benzene rings is 5. The highest BCUT2D eigenvalue weighted by atomic mass is 16.2. The number of allylic oxidation sites excluding steroid dienone is 12. The second-order valence-corrected chi connectivity index (χ2v) is 16.2. The van der Waals surface area contributed by atoms with Gasteiger partial charge in [-0.15, -0.1) is 0 Å². The van der Waals surface area contributed by atoms with Crippen molar-refractivity contribution in [3.63, 3.8) is 0 Å². The van der Waals surface area contributed by atoms with Crippen LogP contribution in [0.2, 0.25) is 0 Å². The highest BCUT2D eigenvalue weighted by Crippen LogP contribution is 2.39. The van der Waals surface area contributed by atoms with Crippen molar-refractivity contribution in [2.24, 2.45) is 20.0 Å². The molecule has 0 atom stereocenters. The number of hydrogen-bond acceptors (Lipinski definition) is 6. The van der Waals surface area contributed by atoms with Gasteiger partial charge in [0.15, 0.2) is 0 Å². The molecule has 0 aromatic heterocycles. The summed E-state index contributed by atoms with van der Waals surface area (Å²) in [6.07, 6.45) is 17.0. The van der Waals surface area contributed by atoms with E-state index in [1.165, 1.54) is 22.3 Å². The molecule has 0 aliphatic carbocycles. The molecule has 0 saturated carbocycles. The van der Waals surface area contributed by atoms with Gasteiger partial charge in [0.2, 0.25) is 0 Å². The van der Waals surface area contributed by atoms with Crippen molar-refractivity contribution in [2.75, 3.05) is 0 Å². The van der Waals surface area contributed by atoms with Crippen molar-refractivity contribution in [1.29, 1.82) is 0 Å². The molecule has 63 heavy (non-hydrogen) atoms. The van der Waals surface area contributed by atoms with Gasteiger partial charge in [-0.05, 0) is 111 Å². The van der Waals surface area contributed by atoms with Crippen LogP contribution in [0.3, 0.4) is 0 Å². The summed E-state index contributed by atoms with van der Waals surface area (Å²) in [5, 5.41) is 2.20. The highest BCUT2D eigenvalue weighted by molar-refractivity contribution is 6.39. The number of aliphatic imine (C=N–C) groups is 4. The smallest absolute Gasteiger partial charge is 0.258 e. The van der Waals surface area contributed by atoms with Crippen molar-refractivity contribution < 1.29 is 9.59 Å². The molecular formula is C56H41N5O2. The molecule has 8 bridgehead atoms.